The van der Waals surface area contributed by atoms with E-state index < -0.39 is 17.8 Å². The SMILES string of the molecule is CCn1cc(-c2cc(Cn3ccsc3=N)cc(C(=O)N[C@H](c3ccc(F)c(C)c3)C3CC3)c2)c(C(F)(F)F)n1. The molecule has 0 unspecified atom stereocenters. The topological polar surface area (TPSA) is 75.7 Å². The molecule has 2 N–H and O–H groups in total. The zero-order chi connectivity index (χ0) is 27.9. The predicted octanol–water partition coefficient (Wildman–Crippen LogP) is 6.31. The molecule has 5 rings (SSSR count). The molecule has 0 saturated heterocycles. The highest BCUT2D eigenvalue weighted by molar-refractivity contribution is 7.06. The van der Waals surface area contributed by atoms with Crippen LogP contribution in [0.2, 0.25) is 0 Å². The lowest BCUT2D eigenvalue weighted by Crippen LogP contribution is -2.30. The first kappa shape index (κ1) is 26.9. The van der Waals surface area contributed by atoms with Crippen LogP contribution < -0.4 is 10.1 Å². The lowest BCUT2D eigenvalue weighted by molar-refractivity contribution is -0.141. The number of hydrogen-bond acceptors (Lipinski definition) is 4. The number of carbonyl (C=O) groups excluding carboxylic acids is 1. The average Bonchev–Trinajstić information content (AvgIpc) is 3.50. The Morgan fingerprint density at radius 2 is 2.00 bits per heavy atom. The zero-order valence-corrected chi connectivity index (χ0v) is 22.2. The number of thiazole rings is 1. The summed E-state index contributed by atoms with van der Waals surface area (Å²) in [7, 11) is 0. The monoisotopic (exact) mass is 557 g/mol. The smallest absolute Gasteiger partial charge is 0.345 e. The van der Waals surface area contributed by atoms with E-state index in [0.29, 0.717) is 11.1 Å². The van der Waals surface area contributed by atoms with Gasteiger partial charge in [-0.3, -0.25) is 14.9 Å². The number of rotatable bonds is 8. The fourth-order valence-corrected chi connectivity index (χ4v) is 5.29. The van der Waals surface area contributed by atoms with Crippen molar-refractivity contribution < 1.29 is 22.4 Å². The first-order chi connectivity index (χ1) is 18.5. The molecule has 11 heteroatoms. The summed E-state index contributed by atoms with van der Waals surface area (Å²) in [5.41, 5.74) is 1.12. The Bertz CT molecular complexity index is 1580. The summed E-state index contributed by atoms with van der Waals surface area (Å²) in [6, 6.07) is 9.11. The number of nitrogens with one attached hydrogen (secondary N) is 2. The van der Waals surface area contributed by atoms with Gasteiger partial charge < -0.3 is 9.88 Å². The van der Waals surface area contributed by atoms with Gasteiger partial charge >= 0.3 is 6.18 Å². The molecule has 1 aliphatic rings. The van der Waals surface area contributed by atoms with Crippen LogP contribution in [0.4, 0.5) is 17.6 Å². The molecule has 0 spiro atoms. The van der Waals surface area contributed by atoms with Gasteiger partial charge in [-0.15, -0.1) is 11.3 Å². The average molecular weight is 558 g/mol. The fraction of sp³-hybridized carbons (Fsp3) is 0.321. The Labute approximate surface area is 226 Å². The van der Waals surface area contributed by atoms with Gasteiger partial charge in [-0.25, -0.2) is 4.39 Å². The van der Waals surface area contributed by atoms with Crippen molar-refractivity contribution in [2.75, 3.05) is 0 Å². The first-order valence-electron chi connectivity index (χ1n) is 12.6. The van der Waals surface area contributed by atoms with E-state index in [0.717, 1.165) is 18.4 Å². The van der Waals surface area contributed by atoms with Gasteiger partial charge in [0, 0.05) is 42.0 Å². The Morgan fingerprint density at radius 3 is 2.62 bits per heavy atom. The fourth-order valence-electron chi connectivity index (χ4n) is 4.69. The highest BCUT2D eigenvalue weighted by Crippen LogP contribution is 2.42. The van der Waals surface area contributed by atoms with Crippen LogP contribution in [0.15, 0.2) is 54.2 Å². The van der Waals surface area contributed by atoms with E-state index in [1.165, 1.54) is 34.3 Å². The minimum Gasteiger partial charge on any atom is -0.345 e. The molecule has 0 aliphatic heterocycles. The number of nitrogens with zero attached hydrogens (tertiary/aromatic N) is 3. The molecule has 1 amide bonds. The lowest BCUT2D eigenvalue weighted by Gasteiger charge is -2.20. The second kappa shape index (κ2) is 10.4. The molecule has 2 aromatic carbocycles. The predicted molar refractivity (Wildman–Crippen MR) is 140 cm³/mol. The Morgan fingerprint density at radius 1 is 1.23 bits per heavy atom. The van der Waals surface area contributed by atoms with E-state index in [-0.39, 0.29) is 52.4 Å². The minimum absolute atomic E-state index is 0.116. The number of benzene rings is 2. The molecule has 204 valence electrons. The van der Waals surface area contributed by atoms with Gasteiger partial charge in [-0.1, -0.05) is 12.1 Å². The van der Waals surface area contributed by atoms with Crippen molar-refractivity contribution in [2.45, 2.75) is 52.0 Å². The van der Waals surface area contributed by atoms with Crippen molar-refractivity contribution in [3.8, 4) is 11.1 Å². The van der Waals surface area contributed by atoms with E-state index in [2.05, 4.69) is 10.4 Å². The Hall–Kier alpha value is -3.73. The number of hydrogen-bond donors (Lipinski definition) is 2. The molecule has 2 aromatic heterocycles. The summed E-state index contributed by atoms with van der Waals surface area (Å²) in [4.78, 5) is 13.9. The van der Waals surface area contributed by atoms with Gasteiger partial charge in [0.2, 0.25) is 0 Å². The van der Waals surface area contributed by atoms with Crippen LogP contribution in [0.25, 0.3) is 11.1 Å². The molecule has 1 aliphatic carbocycles. The van der Waals surface area contributed by atoms with Crippen molar-refractivity contribution in [1.82, 2.24) is 19.7 Å². The molecule has 39 heavy (non-hydrogen) atoms. The lowest BCUT2D eigenvalue weighted by atomic mass is 9.97. The summed E-state index contributed by atoms with van der Waals surface area (Å²) in [5.74, 6) is -0.562. The normalized spacial score (nSPS) is 14.4. The summed E-state index contributed by atoms with van der Waals surface area (Å²) >= 11 is 1.23. The molecule has 1 saturated carbocycles. The highest BCUT2D eigenvalue weighted by atomic mass is 32.1. The second-order valence-electron chi connectivity index (χ2n) is 9.80. The number of carbonyl (C=O) groups is 1. The number of halogens is 4. The van der Waals surface area contributed by atoms with Crippen LogP contribution in [-0.2, 0) is 19.3 Å². The third-order valence-electron chi connectivity index (χ3n) is 6.88. The quantitative estimate of drug-likeness (QED) is 0.249. The van der Waals surface area contributed by atoms with E-state index >= 15 is 0 Å². The molecular weight excluding hydrogens is 530 g/mol. The molecular formula is C28H27F4N5OS. The van der Waals surface area contributed by atoms with Gasteiger partial charge in [-0.05, 0) is 79.1 Å². The van der Waals surface area contributed by atoms with E-state index in [9.17, 15) is 22.4 Å². The van der Waals surface area contributed by atoms with Crippen LogP contribution >= 0.6 is 11.3 Å². The van der Waals surface area contributed by atoms with Gasteiger partial charge in [0.05, 0.1) is 6.04 Å². The Balaban J connectivity index is 1.56. The van der Waals surface area contributed by atoms with Gasteiger partial charge in [0.1, 0.15) is 5.82 Å². The third-order valence-corrected chi connectivity index (χ3v) is 7.59. The number of aromatic nitrogens is 3. The minimum atomic E-state index is -4.68. The van der Waals surface area contributed by atoms with E-state index in [1.807, 2.05) is 0 Å². The van der Waals surface area contributed by atoms with E-state index in [1.54, 1.807) is 54.3 Å². The van der Waals surface area contributed by atoms with Crippen molar-refractivity contribution in [2.24, 2.45) is 5.92 Å². The maximum atomic E-state index is 13.9. The first-order valence-corrected chi connectivity index (χ1v) is 13.5. The van der Waals surface area contributed by atoms with Crippen molar-refractivity contribution in [1.29, 1.82) is 5.41 Å². The van der Waals surface area contributed by atoms with Gasteiger partial charge in [0.15, 0.2) is 10.5 Å². The standard InChI is InChI=1S/C28H27F4N5OS/c1-3-37-15-22(25(35-37)28(30,31)32)20-11-17(14-36-8-9-39-27(36)33)12-21(13-20)26(38)34-24(18-4-5-18)19-6-7-23(29)16(2)10-19/h6-13,15,18,24,33H,3-5,14H2,1-2H3,(H,34,38)/t24-/m0/s1. The molecule has 6 nitrogen and oxygen atoms in total. The maximum absolute atomic E-state index is 13.9. The molecule has 4 aromatic rings. The van der Waals surface area contributed by atoms with Crippen molar-refractivity contribution in [3.05, 3.63) is 92.7 Å². The van der Waals surface area contributed by atoms with Crippen LogP contribution in [0.5, 0.6) is 0 Å². The zero-order valence-electron chi connectivity index (χ0n) is 21.3. The molecule has 1 fully saturated rings. The molecule has 2 heterocycles. The Kier molecular flexibility index (Phi) is 7.19. The van der Waals surface area contributed by atoms with Crippen LogP contribution in [0.3, 0.4) is 0 Å². The number of alkyl halides is 3. The van der Waals surface area contributed by atoms with Gasteiger partial charge in [-0.2, -0.15) is 18.3 Å². The maximum Gasteiger partial charge on any atom is 0.435 e. The summed E-state index contributed by atoms with van der Waals surface area (Å²) in [6.45, 7) is 3.83. The number of aryl methyl sites for hydroxylation is 2. The number of amides is 1. The van der Waals surface area contributed by atoms with Crippen LogP contribution in [0.1, 0.15) is 58.5 Å². The van der Waals surface area contributed by atoms with Crippen LogP contribution in [-0.4, -0.2) is 20.3 Å². The molecule has 0 bridgehead atoms. The summed E-state index contributed by atoms with van der Waals surface area (Å²) < 4.78 is 58.5. The van der Waals surface area contributed by atoms with E-state index in [4.69, 9.17) is 5.41 Å². The highest BCUT2D eigenvalue weighted by Gasteiger charge is 2.38. The van der Waals surface area contributed by atoms with Gasteiger partial charge in [0.25, 0.3) is 5.91 Å². The third kappa shape index (κ3) is 5.83. The molecule has 1 atom stereocenters. The second-order valence-corrected chi connectivity index (χ2v) is 10.7. The van der Waals surface area contributed by atoms with Crippen molar-refractivity contribution >= 4 is 17.2 Å². The summed E-state index contributed by atoms with van der Waals surface area (Å²) in [5, 5.41) is 16.6. The largest absolute Gasteiger partial charge is 0.435 e. The molecule has 0 radical (unpaired) electrons. The summed E-state index contributed by atoms with van der Waals surface area (Å²) in [6.07, 6.45) is 0.209. The van der Waals surface area contributed by atoms with Crippen molar-refractivity contribution in [3.63, 3.8) is 0 Å². The van der Waals surface area contributed by atoms with Crippen LogP contribution in [0, 0.1) is 24.1 Å².